The average Bonchev–Trinajstić information content (AvgIpc) is 3.32. The number of hydrogen-bond donors (Lipinski definition) is 1. The molecule has 9 heteroatoms. The summed E-state index contributed by atoms with van der Waals surface area (Å²) < 4.78 is 21.5. The van der Waals surface area contributed by atoms with Gasteiger partial charge in [-0.2, -0.15) is 0 Å². The van der Waals surface area contributed by atoms with Gasteiger partial charge in [-0.1, -0.05) is 18.2 Å². The van der Waals surface area contributed by atoms with Gasteiger partial charge < -0.3 is 28.5 Å². The molecule has 1 atom stereocenters. The van der Waals surface area contributed by atoms with Crippen molar-refractivity contribution in [2.75, 3.05) is 20.8 Å². The minimum Gasteiger partial charge on any atom is -0.497 e. The van der Waals surface area contributed by atoms with E-state index in [1.54, 1.807) is 36.4 Å². The molecule has 3 heterocycles. The summed E-state index contributed by atoms with van der Waals surface area (Å²) >= 11 is 0. The van der Waals surface area contributed by atoms with Crippen LogP contribution in [-0.4, -0.2) is 48.6 Å². The summed E-state index contributed by atoms with van der Waals surface area (Å²) in [6.07, 6.45) is 0.344. The smallest absolute Gasteiger partial charge is 0.344 e. The lowest BCUT2D eigenvalue weighted by atomic mass is 9.96. The van der Waals surface area contributed by atoms with Crippen LogP contribution in [0.25, 0.3) is 32.6 Å². The normalized spacial score (nSPS) is 15.0. The number of amides is 1. The molecule has 6 rings (SSSR count). The van der Waals surface area contributed by atoms with E-state index in [-0.39, 0.29) is 19.1 Å². The van der Waals surface area contributed by atoms with Crippen molar-refractivity contribution in [3.8, 4) is 11.5 Å². The highest BCUT2D eigenvalue weighted by Crippen LogP contribution is 2.32. The maximum Gasteiger partial charge on any atom is 0.344 e. The second-order valence-electron chi connectivity index (χ2n) is 9.14. The Morgan fingerprint density at radius 2 is 1.76 bits per heavy atom. The number of benzene rings is 3. The number of carbonyl (C=O) groups is 2. The zero-order chi connectivity index (χ0) is 26.4. The van der Waals surface area contributed by atoms with E-state index in [0.717, 1.165) is 32.9 Å². The van der Waals surface area contributed by atoms with E-state index < -0.39 is 17.6 Å². The summed E-state index contributed by atoms with van der Waals surface area (Å²) in [5.41, 5.74) is 2.69. The predicted molar refractivity (Wildman–Crippen MR) is 140 cm³/mol. The summed E-state index contributed by atoms with van der Waals surface area (Å²) in [7, 11) is 2.85. The summed E-state index contributed by atoms with van der Waals surface area (Å²) in [6, 6.07) is 17.4. The van der Waals surface area contributed by atoms with Crippen molar-refractivity contribution in [2.45, 2.75) is 19.0 Å². The SMILES string of the molecule is COC(=O)C1Cc2c([nH]c3ccccc23)CN1C(=O)COc1ccc2c(c1)oc(=O)c1cc(OC)ccc12. The van der Waals surface area contributed by atoms with Crippen LogP contribution in [0.5, 0.6) is 11.5 Å². The van der Waals surface area contributed by atoms with Gasteiger partial charge in [0.1, 0.15) is 23.1 Å². The number of esters is 1. The van der Waals surface area contributed by atoms with Crippen LogP contribution < -0.4 is 15.1 Å². The molecule has 1 amide bonds. The maximum atomic E-state index is 13.3. The average molecular weight is 513 g/mol. The van der Waals surface area contributed by atoms with Gasteiger partial charge in [0.15, 0.2) is 6.61 Å². The molecule has 3 aromatic carbocycles. The second-order valence-corrected chi connectivity index (χ2v) is 9.14. The highest BCUT2D eigenvalue weighted by Gasteiger charge is 2.37. The van der Waals surface area contributed by atoms with E-state index in [9.17, 15) is 14.4 Å². The van der Waals surface area contributed by atoms with Crippen LogP contribution in [0.3, 0.4) is 0 Å². The Kier molecular flexibility index (Phi) is 5.75. The zero-order valence-corrected chi connectivity index (χ0v) is 20.8. The van der Waals surface area contributed by atoms with E-state index >= 15 is 0 Å². The number of fused-ring (bicyclic) bond motifs is 6. The zero-order valence-electron chi connectivity index (χ0n) is 20.8. The van der Waals surface area contributed by atoms with Crippen LogP contribution in [0.1, 0.15) is 11.3 Å². The number of para-hydroxylation sites is 1. The van der Waals surface area contributed by atoms with Crippen LogP contribution in [-0.2, 0) is 27.3 Å². The Bertz CT molecular complexity index is 1790. The summed E-state index contributed by atoms with van der Waals surface area (Å²) in [5, 5.41) is 2.90. The lowest BCUT2D eigenvalue weighted by molar-refractivity contribution is -0.154. The van der Waals surface area contributed by atoms with Crippen LogP contribution in [0.2, 0.25) is 0 Å². The molecular weight excluding hydrogens is 488 g/mol. The summed E-state index contributed by atoms with van der Waals surface area (Å²) in [6.45, 7) is -0.0718. The molecule has 0 aliphatic carbocycles. The monoisotopic (exact) mass is 512 g/mol. The molecule has 0 bridgehead atoms. The van der Waals surface area contributed by atoms with Gasteiger partial charge in [0.2, 0.25) is 0 Å². The molecule has 1 aliphatic rings. The highest BCUT2D eigenvalue weighted by atomic mass is 16.5. The second kappa shape index (κ2) is 9.26. The molecule has 192 valence electrons. The number of hydrogen-bond acceptors (Lipinski definition) is 7. The van der Waals surface area contributed by atoms with Gasteiger partial charge in [0, 0.05) is 39.9 Å². The van der Waals surface area contributed by atoms with Gasteiger partial charge in [0.25, 0.3) is 5.91 Å². The molecule has 1 aliphatic heterocycles. The Morgan fingerprint density at radius 1 is 0.974 bits per heavy atom. The van der Waals surface area contributed by atoms with Crippen LogP contribution in [0.15, 0.2) is 69.9 Å². The fourth-order valence-corrected chi connectivity index (χ4v) is 5.15. The van der Waals surface area contributed by atoms with Crippen molar-refractivity contribution in [3.05, 3.63) is 82.3 Å². The molecule has 38 heavy (non-hydrogen) atoms. The molecule has 0 radical (unpaired) electrons. The molecule has 9 nitrogen and oxygen atoms in total. The van der Waals surface area contributed by atoms with E-state index in [2.05, 4.69) is 4.98 Å². The number of ether oxygens (including phenoxy) is 3. The minimum absolute atomic E-state index is 0.230. The van der Waals surface area contributed by atoms with Crippen molar-refractivity contribution < 1.29 is 28.2 Å². The number of nitrogens with zero attached hydrogens (tertiary/aromatic N) is 1. The maximum absolute atomic E-state index is 13.3. The van der Waals surface area contributed by atoms with E-state index in [1.807, 2.05) is 24.3 Å². The van der Waals surface area contributed by atoms with Crippen molar-refractivity contribution in [1.29, 1.82) is 0 Å². The van der Waals surface area contributed by atoms with Crippen molar-refractivity contribution >= 4 is 44.5 Å². The fourth-order valence-electron chi connectivity index (χ4n) is 5.15. The Labute approximate surface area is 216 Å². The third-order valence-corrected chi connectivity index (χ3v) is 7.05. The molecular formula is C29H24N2O7. The first kappa shape index (κ1) is 23.6. The lowest BCUT2D eigenvalue weighted by Crippen LogP contribution is -2.50. The molecule has 0 fully saturated rings. The highest BCUT2D eigenvalue weighted by molar-refractivity contribution is 6.05. The van der Waals surface area contributed by atoms with Gasteiger partial charge >= 0.3 is 11.6 Å². The van der Waals surface area contributed by atoms with Crippen molar-refractivity contribution in [3.63, 3.8) is 0 Å². The van der Waals surface area contributed by atoms with Crippen molar-refractivity contribution in [1.82, 2.24) is 9.88 Å². The predicted octanol–water partition coefficient (Wildman–Crippen LogP) is 3.94. The fraction of sp³-hybridized carbons (Fsp3) is 0.207. The van der Waals surface area contributed by atoms with Gasteiger partial charge in [-0.3, -0.25) is 4.79 Å². The van der Waals surface area contributed by atoms with Gasteiger partial charge in [-0.25, -0.2) is 9.59 Å². The third-order valence-electron chi connectivity index (χ3n) is 7.05. The minimum atomic E-state index is -0.763. The number of rotatable bonds is 5. The largest absolute Gasteiger partial charge is 0.497 e. The van der Waals surface area contributed by atoms with E-state index in [4.69, 9.17) is 18.6 Å². The third kappa shape index (κ3) is 3.92. The molecule has 2 aromatic heterocycles. The number of H-pyrrole nitrogens is 1. The van der Waals surface area contributed by atoms with Gasteiger partial charge in [0.05, 0.1) is 26.2 Å². The number of aromatic amines is 1. The quantitative estimate of drug-likeness (QED) is 0.216. The summed E-state index contributed by atoms with van der Waals surface area (Å²) in [5.74, 6) is 0.0760. The Hall–Kier alpha value is -4.79. The first-order chi connectivity index (χ1) is 18.5. The van der Waals surface area contributed by atoms with Gasteiger partial charge in [-0.15, -0.1) is 0 Å². The lowest BCUT2D eigenvalue weighted by Gasteiger charge is -2.33. The molecule has 0 saturated heterocycles. The van der Waals surface area contributed by atoms with Crippen LogP contribution in [0, 0.1) is 0 Å². The Balaban J connectivity index is 1.26. The molecule has 1 N–H and O–H groups in total. The standard InChI is InChI=1S/C29H24N2O7/c1-35-16-7-9-18-20-10-8-17(12-26(20)38-28(33)22(18)11-16)37-15-27(32)31-14-24-21(13-25(31)29(34)36-2)19-5-3-4-6-23(19)30-24/h3-12,25,30H,13-15H2,1-2H3. The molecule has 5 aromatic rings. The number of methoxy groups -OCH3 is 2. The van der Waals surface area contributed by atoms with Crippen LogP contribution in [0.4, 0.5) is 0 Å². The first-order valence-electron chi connectivity index (χ1n) is 12.1. The molecule has 0 spiro atoms. The number of aromatic nitrogens is 1. The Morgan fingerprint density at radius 3 is 2.58 bits per heavy atom. The van der Waals surface area contributed by atoms with Gasteiger partial charge in [-0.05, 0) is 42.0 Å². The summed E-state index contributed by atoms with van der Waals surface area (Å²) in [4.78, 5) is 43.3. The number of carbonyl (C=O) groups excluding carboxylic acids is 2. The molecule has 1 unspecified atom stereocenters. The van der Waals surface area contributed by atoms with Crippen molar-refractivity contribution in [2.24, 2.45) is 0 Å². The molecule has 0 saturated carbocycles. The first-order valence-corrected chi connectivity index (χ1v) is 12.1. The topological polar surface area (TPSA) is 111 Å². The van der Waals surface area contributed by atoms with E-state index in [1.165, 1.54) is 19.1 Å². The van der Waals surface area contributed by atoms with Crippen LogP contribution >= 0.6 is 0 Å². The van der Waals surface area contributed by atoms with E-state index in [0.29, 0.717) is 28.9 Å². The number of nitrogens with one attached hydrogen (secondary N) is 1.